The van der Waals surface area contributed by atoms with Crippen molar-refractivity contribution in [2.24, 2.45) is 11.8 Å². The van der Waals surface area contributed by atoms with Crippen LogP contribution in [0, 0.1) is 11.8 Å². The maximum absolute atomic E-state index is 13.5. The summed E-state index contributed by atoms with van der Waals surface area (Å²) in [5.74, 6) is -0.525. The van der Waals surface area contributed by atoms with Gasteiger partial charge in [-0.25, -0.2) is 18.2 Å². The van der Waals surface area contributed by atoms with Crippen LogP contribution >= 0.6 is 15.9 Å². The quantitative estimate of drug-likeness (QED) is 0.449. The largest absolute Gasteiger partial charge is 0.490 e. The van der Waals surface area contributed by atoms with E-state index in [-0.39, 0.29) is 4.90 Å². The molecule has 2 aliphatic heterocycles. The topological polar surface area (TPSA) is 116 Å². The number of likely N-dealkylation sites (tertiary alicyclic amines) is 1. The fraction of sp³-hybridized carbons (Fsp3) is 0.391. The van der Waals surface area contributed by atoms with Crippen LogP contribution in [0.2, 0.25) is 0 Å². The highest BCUT2D eigenvalue weighted by molar-refractivity contribution is 9.10. The molecule has 0 radical (unpaired) electrons. The number of furan rings is 1. The van der Waals surface area contributed by atoms with Crippen LogP contribution in [0.5, 0.6) is 0 Å². The monoisotopic (exact) mass is 604 g/mol. The molecule has 2 aliphatic rings. The number of carboxylic acids is 1. The molecule has 4 heterocycles. The molecule has 2 atom stereocenters. The molecule has 200 valence electrons. The number of sulfonamides is 1. The highest BCUT2D eigenvalue weighted by Gasteiger charge is 2.43. The Kier molecular flexibility index (Phi) is 7.83. The molecule has 0 unspecified atom stereocenters. The summed E-state index contributed by atoms with van der Waals surface area (Å²) in [5.41, 5.74) is 0. The molecule has 5 rings (SSSR count). The minimum absolute atomic E-state index is 0.260. The Balaban J connectivity index is 0.000000405. The van der Waals surface area contributed by atoms with Crippen LogP contribution in [0.4, 0.5) is 19.0 Å². The first kappa shape index (κ1) is 27.4. The number of anilines is 1. The lowest BCUT2D eigenvalue weighted by Crippen LogP contribution is -2.32. The Hall–Kier alpha value is -2.68. The van der Waals surface area contributed by atoms with Crippen LogP contribution in [0.3, 0.4) is 0 Å². The van der Waals surface area contributed by atoms with Crippen molar-refractivity contribution in [3.05, 3.63) is 53.0 Å². The van der Waals surface area contributed by atoms with Gasteiger partial charge in [0, 0.05) is 47.6 Å². The molecule has 1 aromatic carbocycles. The number of carbonyl (C=O) groups is 1. The lowest BCUT2D eigenvalue weighted by atomic mass is 10.0. The molecule has 2 N–H and O–H groups in total. The Morgan fingerprint density at radius 1 is 1.19 bits per heavy atom. The molecule has 37 heavy (non-hydrogen) atoms. The summed E-state index contributed by atoms with van der Waals surface area (Å²) in [7, 11) is -1.53. The van der Waals surface area contributed by atoms with Gasteiger partial charge in [0.2, 0.25) is 10.0 Å². The molecule has 14 heteroatoms. The second-order valence-corrected chi connectivity index (χ2v) is 11.8. The molecule has 0 amide bonds. The standard InChI is InChI=1S/C21H23BrN4O3S.C2HF3O2/c1-25-10-14-12-26(13-15(14)11-25)30(27,28)20-9-24-21(23-8-17-3-2-6-29-17)18-5-4-16(22)7-19(18)20;3-2(4,5)1(6)7/h2-7,9,14-15H,8,10-13H2,1H3,(H,23,24);(H,6,7)/t14-,15+;. The van der Waals surface area contributed by atoms with Crippen molar-refractivity contribution in [2.75, 3.05) is 38.5 Å². The van der Waals surface area contributed by atoms with Gasteiger partial charge in [0.1, 0.15) is 16.5 Å². The number of aliphatic carboxylic acids is 1. The lowest BCUT2D eigenvalue weighted by Gasteiger charge is -2.20. The smallest absolute Gasteiger partial charge is 0.475 e. The Bertz CT molecular complexity index is 1370. The van der Waals surface area contributed by atoms with Gasteiger partial charge in [0.25, 0.3) is 0 Å². The van der Waals surface area contributed by atoms with E-state index in [9.17, 15) is 21.6 Å². The lowest BCUT2D eigenvalue weighted by molar-refractivity contribution is -0.192. The zero-order valence-electron chi connectivity index (χ0n) is 19.6. The van der Waals surface area contributed by atoms with Crippen molar-refractivity contribution in [1.82, 2.24) is 14.2 Å². The Labute approximate surface area is 219 Å². The number of hydrogen-bond acceptors (Lipinski definition) is 7. The highest BCUT2D eigenvalue weighted by atomic mass is 79.9. The summed E-state index contributed by atoms with van der Waals surface area (Å²) < 4.78 is 66.7. The fourth-order valence-electron chi connectivity index (χ4n) is 4.64. The highest BCUT2D eigenvalue weighted by Crippen LogP contribution is 2.37. The average Bonchev–Trinajstić information content (AvgIpc) is 3.54. The summed E-state index contributed by atoms with van der Waals surface area (Å²) in [6, 6.07) is 9.36. The van der Waals surface area contributed by atoms with Gasteiger partial charge in [-0.15, -0.1) is 0 Å². The number of rotatable bonds is 5. The summed E-state index contributed by atoms with van der Waals surface area (Å²) in [5, 5.41) is 11.8. The summed E-state index contributed by atoms with van der Waals surface area (Å²) >= 11 is 3.49. The molecule has 9 nitrogen and oxygen atoms in total. The maximum Gasteiger partial charge on any atom is 0.490 e. The van der Waals surface area contributed by atoms with Crippen LogP contribution in [0.25, 0.3) is 10.8 Å². The van der Waals surface area contributed by atoms with E-state index in [1.165, 1.54) is 6.20 Å². The number of pyridine rings is 1. The van der Waals surface area contributed by atoms with Crippen molar-refractivity contribution < 1.29 is 35.9 Å². The number of fused-ring (bicyclic) bond motifs is 2. The van der Waals surface area contributed by atoms with E-state index in [1.807, 2.05) is 30.3 Å². The first-order valence-corrected chi connectivity index (χ1v) is 13.4. The minimum Gasteiger partial charge on any atom is -0.475 e. The van der Waals surface area contributed by atoms with Crippen molar-refractivity contribution in [3.63, 3.8) is 0 Å². The van der Waals surface area contributed by atoms with E-state index in [4.69, 9.17) is 14.3 Å². The van der Waals surface area contributed by atoms with Crippen molar-refractivity contribution in [2.45, 2.75) is 17.6 Å². The van der Waals surface area contributed by atoms with E-state index in [2.05, 4.69) is 38.2 Å². The van der Waals surface area contributed by atoms with Crippen molar-refractivity contribution in [3.8, 4) is 0 Å². The molecule has 0 saturated carbocycles. The summed E-state index contributed by atoms with van der Waals surface area (Å²) in [4.78, 5) is 15.9. The average molecular weight is 605 g/mol. The summed E-state index contributed by atoms with van der Waals surface area (Å²) in [6.07, 6.45) is -1.98. The molecule has 0 aliphatic carbocycles. The van der Waals surface area contributed by atoms with Crippen LogP contribution in [-0.2, 0) is 21.4 Å². The van der Waals surface area contributed by atoms with Crippen molar-refractivity contribution >= 4 is 48.5 Å². The number of alkyl halides is 3. The molecule has 2 aromatic heterocycles. The number of carboxylic acid groups (broad SMARTS) is 1. The van der Waals surface area contributed by atoms with E-state index in [0.29, 0.717) is 42.7 Å². The third-order valence-corrected chi connectivity index (χ3v) is 8.67. The van der Waals surface area contributed by atoms with Gasteiger partial charge < -0.3 is 19.7 Å². The van der Waals surface area contributed by atoms with E-state index in [1.54, 1.807) is 10.6 Å². The SMILES string of the molecule is CN1C[C@@H]2CN(S(=O)(=O)c3cnc(NCc4ccco4)c4ccc(Br)cc34)C[C@@H]2C1.O=C(O)C(F)(F)F. The maximum atomic E-state index is 13.5. The van der Waals surface area contributed by atoms with Gasteiger partial charge in [0.15, 0.2) is 0 Å². The predicted molar refractivity (Wildman–Crippen MR) is 132 cm³/mol. The van der Waals surface area contributed by atoms with Gasteiger partial charge in [-0.1, -0.05) is 15.9 Å². The zero-order valence-corrected chi connectivity index (χ0v) is 22.0. The third kappa shape index (κ3) is 6.08. The van der Waals surface area contributed by atoms with Crippen LogP contribution in [0.15, 0.2) is 56.6 Å². The summed E-state index contributed by atoms with van der Waals surface area (Å²) in [6.45, 7) is 3.53. The van der Waals surface area contributed by atoms with Crippen LogP contribution in [-0.4, -0.2) is 73.1 Å². The molecular formula is C23H24BrF3N4O5S. The van der Waals surface area contributed by atoms with Crippen molar-refractivity contribution in [1.29, 1.82) is 0 Å². The number of hydrogen-bond donors (Lipinski definition) is 2. The van der Waals surface area contributed by atoms with Gasteiger partial charge >= 0.3 is 12.1 Å². The number of benzene rings is 1. The van der Waals surface area contributed by atoms with Gasteiger partial charge in [-0.05, 0) is 49.2 Å². The molecule has 2 saturated heterocycles. The first-order valence-electron chi connectivity index (χ1n) is 11.2. The number of nitrogens with zero attached hydrogens (tertiary/aromatic N) is 3. The van der Waals surface area contributed by atoms with Gasteiger partial charge in [-0.2, -0.15) is 17.5 Å². The van der Waals surface area contributed by atoms with Crippen LogP contribution < -0.4 is 5.32 Å². The number of nitrogens with one attached hydrogen (secondary N) is 1. The Morgan fingerprint density at radius 3 is 2.41 bits per heavy atom. The molecular weight excluding hydrogens is 581 g/mol. The zero-order chi connectivity index (χ0) is 27.0. The molecule has 0 bridgehead atoms. The predicted octanol–water partition coefficient (Wildman–Crippen LogP) is 4.02. The first-order chi connectivity index (χ1) is 17.4. The van der Waals surface area contributed by atoms with Gasteiger partial charge in [0.05, 0.1) is 12.8 Å². The second-order valence-electron chi connectivity index (χ2n) is 8.96. The van der Waals surface area contributed by atoms with E-state index in [0.717, 1.165) is 28.7 Å². The second kappa shape index (κ2) is 10.6. The minimum atomic E-state index is -5.08. The molecule has 0 spiro atoms. The normalized spacial score (nSPS) is 20.5. The van der Waals surface area contributed by atoms with E-state index < -0.39 is 22.2 Å². The van der Waals surface area contributed by atoms with Crippen LogP contribution in [0.1, 0.15) is 5.76 Å². The number of halogens is 4. The van der Waals surface area contributed by atoms with Gasteiger partial charge in [-0.3, -0.25) is 0 Å². The third-order valence-electron chi connectivity index (χ3n) is 6.32. The molecule has 3 aromatic rings. The Morgan fingerprint density at radius 2 is 1.84 bits per heavy atom. The van der Waals surface area contributed by atoms with E-state index >= 15 is 0 Å². The number of aromatic nitrogens is 1. The molecule has 2 fully saturated rings. The fourth-order valence-corrected chi connectivity index (χ4v) is 6.69.